The molecule has 110 valence electrons. The molecular formula is C15H23ClN4. The molecule has 0 saturated heterocycles. The summed E-state index contributed by atoms with van der Waals surface area (Å²) in [5, 5.41) is 4.57. The topological polar surface area (TPSA) is 35.6 Å². The maximum Gasteiger partial charge on any atom is 0.158 e. The molecule has 2 heterocycles. The third-order valence-electron chi connectivity index (χ3n) is 4.12. The van der Waals surface area contributed by atoms with Crippen molar-refractivity contribution < 1.29 is 0 Å². The van der Waals surface area contributed by atoms with Gasteiger partial charge in [-0.15, -0.1) is 11.6 Å². The Labute approximate surface area is 125 Å². The molecule has 1 fully saturated rings. The molecule has 20 heavy (non-hydrogen) atoms. The molecule has 1 atom stereocenters. The van der Waals surface area contributed by atoms with E-state index in [1.807, 2.05) is 18.7 Å². The monoisotopic (exact) mass is 294 g/mol. The molecule has 4 nitrogen and oxygen atoms in total. The van der Waals surface area contributed by atoms with Gasteiger partial charge in [0.25, 0.3) is 0 Å². The van der Waals surface area contributed by atoms with Crippen molar-refractivity contribution in [3.8, 4) is 0 Å². The molecule has 0 aliphatic heterocycles. The number of aryl methyl sites for hydroxylation is 3. The molecule has 2 aromatic heterocycles. The van der Waals surface area contributed by atoms with Gasteiger partial charge >= 0.3 is 0 Å². The van der Waals surface area contributed by atoms with Gasteiger partial charge in [0.05, 0.1) is 11.1 Å². The molecule has 3 rings (SSSR count). The highest BCUT2D eigenvalue weighted by molar-refractivity contribution is 6.20. The van der Waals surface area contributed by atoms with E-state index in [1.54, 1.807) is 0 Å². The number of aromatic nitrogens is 4. The van der Waals surface area contributed by atoms with E-state index in [1.165, 1.54) is 19.3 Å². The zero-order valence-electron chi connectivity index (χ0n) is 12.6. The molecule has 0 radical (unpaired) electrons. The lowest BCUT2D eigenvalue weighted by Gasteiger charge is -2.10. The van der Waals surface area contributed by atoms with Crippen molar-refractivity contribution >= 4 is 22.8 Å². The average molecular weight is 295 g/mol. The highest BCUT2D eigenvalue weighted by Crippen LogP contribution is 2.34. The summed E-state index contributed by atoms with van der Waals surface area (Å²) in [4.78, 5) is 4.80. The second-order valence-electron chi connectivity index (χ2n) is 5.96. The fourth-order valence-corrected chi connectivity index (χ4v) is 3.07. The Hall–Kier alpha value is -1.03. The standard InChI is InChI=1S/C15H23ClN4/c1-4-5-12-13-15(19(3)18-12)20(9-8-11-6-7-11)14(17-13)10(2)16/h10-11H,4-9H2,1-3H3. The summed E-state index contributed by atoms with van der Waals surface area (Å²) in [6.07, 6.45) is 6.07. The van der Waals surface area contributed by atoms with Gasteiger partial charge < -0.3 is 4.57 Å². The minimum Gasteiger partial charge on any atom is -0.312 e. The number of fused-ring (bicyclic) bond motifs is 1. The van der Waals surface area contributed by atoms with E-state index in [-0.39, 0.29) is 5.38 Å². The molecule has 2 aromatic rings. The van der Waals surface area contributed by atoms with Crippen molar-refractivity contribution in [2.75, 3.05) is 0 Å². The van der Waals surface area contributed by atoms with Gasteiger partial charge in [-0.1, -0.05) is 26.2 Å². The fourth-order valence-electron chi connectivity index (χ4n) is 2.91. The molecule has 0 N–H and O–H groups in total. The van der Waals surface area contributed by atoms with E-state index in [0.717, 1.165) is 48.0 Å². The van der Waals surface area contributed by atoms with E-state index in [9.17, 15) is 0 Å². The lowest BCUT2D eigenvalue weighted by molar-refractivity contribution is 0.571. The highest BCUT2D eigenvalue weighted by atomic mass is 35.5. The minimum atomic E-state index is -0.0592. The lowest BCUT2D eigenvalue weighted by Crippen LogP contribution is -2.08. The molecule has 0 amide bonds. The first-order valence-corrected chi connectivity index (χ1v) is 8.11. The van der Waals surface area contributed by atoms with Gasteiger partial charge in [0.15, 0.2) is 5.65 Å². The molecule has 0 aromatic carbocycles. The first-order valence-electron chi connectivity index (χ1n) is 7.67. The smallest absolute Gasteiger partial charge is 0.158 e. The summed E-state index contributed by atoms with van der Waals surface area (Å²) >= 11 is 6.34. The lowest BCUT2D eigenvalue weighted by atomic mass is 10.2. The zero-order chi connectivity index (χ0) is 14.3. The van der Waals surface area contributed by atoms with Crippen LogP contribution in [0, 0.1) is 5.92 Å². The summed E-state index contributed by atoms with van der Waals surface area (Å²) in [6.45, 7) is 5.19. The van der Waals surface area contributed by atoms with Crippen LogP contribution in [0.1, 0.15) is 56.4 Å². The Morgan fingerprint density at radius 1 is 1.40 bits per heavy atom. The Morgan fingerprint density at radius 3 is 2.75 bits per heavy atom. The predicted octanol–water partition coefficient (Wildman–Crippen LogP) is 3.82. The number of halogens is 1. The number of imidazole rings is 1. The summed E-state index contributed by atoms with van der Waals surface area (Å²) < 4.78 is 4.26. The first kappa shape index (κ1) is 13.9. The van der Waals surface area contributed by atoms with E-state index in [4.69, 9.17) is 16.6 Å². The van der Waals surface area contributed by atoms with Crippen LogP contribution in [0.4, 0.5) is 0 Å². The van der Waals surface area contributed by atoms with Crippen LogP contribution >= 0.6 is 11.6 Å². The molecule has 0 bridgehead atoms. The van der Waals surface area contributed by atoms with Gasteiger partial charge in [0.1, 0.15) is 11.3 Å². The van der Waals surface area contributed by atoms with Crippen LogP contribution in [-0.4, -0.2) is 19.3 Å². The van der Waals surface area contributed by atoms with E-state index in [2.05, 4.69) is 16.6 Å². The summed E-state index contributed by atoms with van der Waals surface area (Å²) in [5.74, 6) is 1.90. The Kier molecular flexibility index (Phi) is 3.76. The molecule has 1 aliphatic rings. The Balaban J connectivity index is 2.04. The summed E-state index contributed by atoms with van der Waals surface area (Å²) in [7, 11) is 2.01. The number of hydrogen-bond acceptors (Lipinski definition) is 2. The van der Waals surface area contributed by atoms with Crippen LogP contribution in [0.25, 0.3) is 11.2 Å². The normalized spacial score (nSPS) is 17.0. The minimum absolute atomic E-state index is 0.0592. The molecule has 1 aliphatic carbocycles. The molecule has 0 spiro atoms. The van der Waals surface area contributed by atoms with Gasteiger partial charge in [-0.2, -0.15) is 5.10 Å². The van der Waals surface area contributed by atoms with Gasteiger partial charge in [0, 0.05) is 13.6 Å². The van der Waals surface area contributed by atoms with Gasteiger partial charge in [0.2, 0.25) is 0 Å². The van der Waals surface area contributed by atoms with Crippen molar-refractivity contribution in [1.82, 2.24) is 19.3 Å². The fraction of sp³-hybridized carbons (Fsp3) is 0.733. The molecule has 1 saturated carbocycles. The van der Waals surface area contributed by atoms with Crippen molar-refractivity contribution in [2.24, 2.45) is 13.0 Å². The largest absolute Gasteiger partial charge is 0.312 e. The zero-order valence-corrected chi connectivity index (χ0v) is 13.3. The van der Waals surface area contributed by atoms with Crippen LogP contribution in [0.15, 0.2) is 0 Å². The number of alkyl halides is 1. The van der Waals surface area contributed by atoms with Crippen LogP contribution in [0.5, 0.6) is 0 Å². The van der Waals surface area contributed by atoms with Crippen molar-refractivity contribution in [1.29, 1.82) is 0 Å². The van der Waals surface area contributed by atoms with Gasteiger partial charge in [-0.05, 0) is 25.7 Å². The first-order chi connectivity index (χ1) is 9.61. The van der Waals surface area contributed by atoms with Crippen molar-refractivity contribution in [2.45, 2.75) is 57.9 Å². The van der Waals surface area contributed by atoms with Crippen molar-refractivity contribution in [3.05, 3.63) is 11.5 Å². The van der Waals surface area contributed by atoms with E-state index >= 15 is 0 Å². The third-order valence-corrected chi connectivity index (χ3v) is 4.32. The predicted molar refractivity (Wildman–Crippen MR) is 82.1 cm³/mol. The average Bonchev–Trinajstić information content (AvgIpc) is 3.06. The maximum atomic E-state index is 6.34. The van der Waals surface area contributed by atoms with Crippen LogP contribution in [0.2, 0.25) is 0 Å². The number of hydrogen-bond donors (Lipinski definition) is 0. The maximum absolute atomic E-state index is 6.34. The second-order valence-corrected chi connectivity index (χ2v) is 6.62. The van der Waals surface area contributed by atoms with E-state index < -0.39 is 0 Å². The Morgan fingerprint density at radius 2 is 2.15 bits per heavy atom. The third kappa shape index (κ3) is 2.46. The SMILES string of the molecule is CCCc1nn(C)c2c1nc(C(C)Cl)n2CCC1CC1. The summed E-state index contributed by atoms with van der Waals surface area (Å²) in [6, 6.07) is 0. The van der Waals surface area contributed by atoms with E-state index in [0.29, 0.717) is 0 Å². The molecule has 1 unspecified atom stereocenters. The molecule has 5 heteroatoms. The van der Waals surface area contributed by atoms with Crippen LogP contribution in [0.3, 0.4) is 0 Å². The van der Waals surface area contributed by atoms with Gasteiger partial charge in [-0.3, -0.25) is 4.68 Å². The highest BCUT2D eigenvalue weighted by Gasteiger charge is 2.25. The quantitative estimate of drug-likeness (QED) is 0.759. The second kappa shape index (κ2) is 5.40. The van der Waals surface area contributed by atoms with Gasteiger partial charge in [-0.25, -0.2) is 4.98 Å². The molecular weight excluding hydrogens is 272 g/mol. The van der Waals surface area contributed by atoms with Crippen LogP contribution in [-0.2, 0) is 20.0 Å². The number of rotatable bonds is 6. The van der Waals surface area contributed by atoms with Crippen LogP contribution < -0.4 is 0 Å². The van der Waals surface area contributed by atoms with Crippen molar-refractivity contribution in [3.63, 3.8) is 0 Å². The summed E-state index contributed by atoms with van der Waals surface area (Å²) in [5.41, 5.74) is 3.29. The Bertz CT molecular complexity index is 607. The number of nitrogens with zero attached hydrogens (tertiary/aromatic N) is 4.